The third-order valence-corrected chi connectivity index (χ3v) is 5.45. The average Bonchev–Trinajstić information content (AvgIpc) is 2.32. The largest absolute Gasteiger partial charge is 0.398 e. The number of aliphatic hydroxyl groups excluding tert-OH is 1. The standard InChI is InChI=1S/C12H19BrN2O3S/c1-9(2)15(6-3-7-16)19(17,18)10-4-5-12(14)11(13)8-10/h4-5,8-9,16H,3,6-7,14H2,1-2H3. The number of nitrogens with two attached hydrogens (primary N) is 1. The van der Waals surface area contributed by atoms with Crippen LogP contribution in [0.15, 0.2) is 27.6 Å². The highest BCUT2D eigenvalue weighted by Crippen LogP contribution is 2.26. The molecule has 108 valence electrons. The molecule has 0 unspecified atom stereocenters. The van der Waals surface area contributed by atoms with E-state index in [2.05, 4.69) is 15.9 Å². The van der Waals surface area contributed by atoms with Crippen LogP contribution in [0.5, 0.6) is 0 Å². The number of sulfonamides is 1. The maximum absolute atomic E-state index is 12.5. The minimum absolute atomic E-state index is 0.0375. The molecule has 0 spiro atoms. The molecule has 0 bridgehead atoms. The molecule has 0 atom stereocenters. The van der Waals surface area contributed by atoms with Crippen LogP contribution in [-0.4, -0.2) is 37.0 Å². The molecule has 5 nitrogen and oxygen atoms in total. The molecule has 0 saturated heterocycles. The first-order valence-corrected chi connectivity index (χ1v) is 8.21. The summed E-state index contributed by atoms with van der Waals surface area (Å²) in [5.74, 6) is 0. The average molecular weight is 351 g/mol. The first kappa shape index (κ1) is 16.4. The van der Waals surface area contributed by atoms with Crippen molar-refractivity contribution in [1.29, 1.82) is 0 Å². The number of benzene rings is 1. The molecule has 1 rings (SSSR count). The summed E-state index contributed by atoms with van der Waals surface area (Å²) >= 11 is 3.23. The van der Waals surface area contributed by atoms with Crippen molar-refractivity contribution < 1.29 is 13.5 Å². The Morgan fingerprint density at radius 2 is 2.05 bits per heavy atom. The van der Waals surface area contributed by atoms with E-state index in [1.54, 1.807) is 19.9 Å². The molecule has 3 N–H and O–H groups in total. The van der Waals surface area contributed by atoms with Gasteiger partial charge in [-0.15, -0.1) is 0 Å². The molecule has 0 aliphatic rings. The molecule has 0 fully saturated rings. The second kappa shape index (κ2) is 6.69. The molecule has 0 aliphatic heterocycles. The summed E-state index contributed by atoms with van der Waals surface area (Å²) in [6, 6.07) is 4.37. The first-order valence-electron chi connectivity index (χ1n) is 5.98. The highest BCUT2D eigenvalue weighted by Gasteiger charge is 2.26. The van der Waals surface area contributed by atoms with E-state index in [0.717, 1.165) is 0 Å². The molecule has 0 radical (unpaired) electrons. The topological polar surface area (TPSA) is 83.6 Å². The molecule has 7 heteroatoms. The number of halogens is 1. The van der Waals surface area contributed by atoms with E-state index in [0.29, 0.717) is 23.1 Å². The molecule has 19 heavy (non-hydrogen) atoms. The van der Waals surface area contributed by atoms with Gasteiger partial charge < -0.3 is 10.8 Å². The summed E-state index contributed by atoms with van der Waals surface area (Å²) in [4.78, 5) is 0.195. The van der Waals surface area contributed by atoms with Crippen LogP contribution in [0.4, 0.5) is 5.69 Å². The lowest BCUT2D eigenvalue weighted by Crippen LogP contribution is -2.38. The van der Waals surface area contributed by atoms with Crippen molar-refractivity contribution in [3.63, 3.8) is 0 Å². The molecular formula is C12H19BrN2O3S. The predicted octanol–water partition coefficient (Wildman–Crippen LogP) is 1.81. The lowest BCUT2D eigenvalue weighted by atomic mass is 10.3. The van der Waals surface area contributed by atoms with Gasteiger partial charge in [0.25, 0.3) is 0 Å². The van der Waals surface area contributed by atoms with Crippen molar-refractivity contribution in [1.82, 2.24) is 4.31 Å². The van der Waals surface area contributed by atoms with Crippen LogP contribution in [-0.2, 0) is 10.0 Å². The molecule has 0 heterocycles. The lowest BCUT2D eigenvalue weighted by molar-refractivity contribution is 0.258. The Labute approximate surface area is 122 Å². The predicted molar refractivity (Wildman–Crippen MR) is 79.3 cm³/mol. The van der Waals surface area contributed by atoms with E-state index in [1.807, 2.05) is 0 Å². The van der Waals surface area contributed by atoms with Gasteiger partial charge in [0.05, 0.1) is 4.90 Å². The van der Waals surface area contributed by atoms with Gasteiger partial charge in [-0.25, -0.2) is 8.42 Å². The first-order chi connectivity index (χ1) is 8.80. The zero-order valence-electron chi connectivity index (χ0n) is 11.0. The van der Waals surface area contributed by atoms with Crippen LogP contribution in [0.2, 0.25) is 0 Å². The van der Waals surface area contributed by atoms with Crippen LogP contribution in [0.1, 0.15) is 20.3 Å². The minimum atomic E-state index is -3.58. The second-order valence-corrected chi connectivity index (χ2v) is 7.21. The van der Waals surface area contributed by atoms with Gasteiger partial charge in [-0.05, 0) is 54.4 Å². The number of aliphatic hydroxyl groups is 1. The summed E-state index contributed by atoms with van der Waals surface area (Å²) in [7, 11) is -3.58. The molecule has 1 aromatic carbocycles. The van der Waals surface area contributed by atoms with Gasteiger partial charge in [0.2, 0.25) is 10.0 Å². The van der Waals surface area contributed by atoms with Crippen LogP contribution >= 0.6 is 15.9 Å². The van der Waals surface area contributed by atoms with E-state index < -0.39 is 10.0 Å². The summed E-state index contributed by atoms with van der Waals surface area (Å²) in [5, 5.41) is 8.87. The Hall–Kier alpha value is -0.630. The van der Waals surface area contributed by atoms with Crippen molar-refractivity contribution in [2.24, 2.45) is 0 Å². The third kappa shape index (κ3) is 3.92. The summed E-state index contributed by atoms with van der Waals surface area (Å²) in [5.41, 5.74) is 6.15. The van der Waals surface area contributed by atoms with Gasteiger partial charge in [0.1, 0.15) is 0 Å². The van der Waals surface area contributed by atoms with Gasteiger partial charge in [-0.1, -0.05) is 0 Å². The summed E-state index contributed by atoms with van der Waals surface area (Å²) in [6.45, 7) is 3.87. The highest BCUT2D eigenvalue weighted by atomic mass is 79.9. The zero-order chi connectivity index (χ0) is 14.6. The van der Waals surface area contributed by atoms with Crippen LogP contribution < -0.4 is 5.73 Å². The van der Waals surface area contributed by atoms with Gasteiger partial charge >= 0.3 is 0 Å². The quantitative estimate of drug-likeness (QED) is 0.766. The minimum Gasteiger partial charge on any atom is -0.398 e. The number of anilines is 1. The van der Waals surface area contributed by atoms with Crippen molar-refractivity contribution in [3.8, 4) is 0 Å². The zero-order valence-corrected chi connectivity index (χ0v) is 13.4. The Morgan fingerprint density at radius 3 is 2.53 bits per heavy atom. The number of nitrogen functional groups attached to an aromatic ring is 1. The molecule has 0 saturated carbocycles. The Morgan fingerprint density at radius 1 is 1.42 bits per heavy atom. The molecular weight excluding hydrogens is 332 g/mol. The van der Waals surface area contributed by atoms with Crippen molar-refractivity contribution in [3.05, 3.63) is 22.7 Å². The SMILES string of the molecule is CC(C)N(CCCO)S(=O)(=O)c1ccc(N)c(Br)c1. The van der Waals surface area contributed by atoms with Gasteiger partial charge in [0.15, 0.2) is 0 Å². The normalized spacial score (nSPS) is 12.3. The monoisotopic (exact) mass is 350 g/mol. The Bertz CT molecular complexity index is 532. The lowest BCUT2D eigenvalue weighted by Gasteiger charge is -2.25. The van der Waals surface area contributed by atoms with Crippen LogP contribution in [0.3, 0.4) is 0 Å². The Kier molecular flexibility index (Phi) is 5.79. The number of hydrogen-bond donors (Lipinski definition) is 2. The fraction of sp³-hybridized carbons (Fsp3) is 0.500. The van der Waals surface area contributed by atoms with Crippen molar-refractivity contribution in [2.75, 3.05) is 18.9 Å². The van der Waals surface area contributed by atoms with E-state index >= 15 is 0 Å². The van der Waals surface area contributed by atoms with E-state index in [1.165, 1.54) is 16.4 Å². The fourth-order valence-corrected chi connectivity index (χ4v) is 3.92. The van der Waals surface area contributed by atoms with Crippen LogP contribution in [0.25, 0.3) is 0 Å². The van der Waals surface area contributed by atoms with E-state index in [4.69, 9.17) is 10.8 Å². The maximum Gasteiger partial charge on any atom is 0.243 e. The summed E-state index contributed by atoms with van der Waals surface area (Å²) in [6.07, 6.45) is 0.410. The Balaban J connectivity index is 3.15. The van der Waals surface area contributed by atoms with Crippen molar-refractivity contribution in [2.45, 2.75) is 31.2 Å². The smallest absolute Gasteiger partial charge is 0.243 e. The molecule has 0 amide bonds. The summed E-state index contributed by atoms with van der Waals surface area (Å²) < 4.78 is 27.0. The van der Waals surface area contributed by atoms with E-state index in [9.17, 15) is 8.42 Å². The van der Waals surface area contributed by atoms with Gasteiger partial charge in [-0.3, -0.25) is 0 Å². The molecule has 1 aromatic rings. The van der Waals surface area contributed by atoms with E-state index in [-0.39, 0.29) is 17.5 Å². The van der Waals surface area contributed by atoms with Gasteiger partial charge in [-0.2, -0.15) is 4.31 Å². The number of nitrogens with zero attached hydrogens (tertiary/aromatic N) is 1. The third-order valence-electron chi connectivity index (χ3n) is 2.69. The highest BCUT2D eigenvalue weighted by molar-refractivity contribution is 9.10. The number of rotatable bonds is 6. The number of hydrogen-bond acceptors (Lipinski definition) is 4. The van der Waals surface area contributed by atoms with Gasteiger partial charge in [0, 0.05) is 29.4 Å². The maximum atomic E-state index is 12.5. The molecule has 0 aromatic heterocycles. The van der Waals surface area contributed by atoms with Crippen LogP contribution in [0, 0.1) is 0 Å². The van der Waals surface area contributed by atoms with Crippen molar-refractivity contribution >= 4 is 31.6 Å². The second-order valence-electron chi connectivity index (χ2n) is 4.47. The fourth-order valence-electron chi connectivity index (χ4n) is 1.69. The molecule has 0 aliphatic carbocycles.